The van der Waals surface area contributed by atoms with E-state index in [1.807, 2.05) is 0 Å². The largest absolute Gasteiger partial charge is 3.00 e. The zero-order valence-electron chi connectivity index (χ0n) is 6.33. The Morgan fingerprint density at radius 1 is 0.312 bits per heavy atom. The fourth-order valence-corrected chi connectivity index (χ4v) is 0. The van der Waals surface area contributed by atoms with E-state index in [1.165, 1.54) is 0 Å². The molecular formula is Cl3HoO12. The SMILES string of the molecule is [Ho+3].[O-][Cl+3]([O-])([O-])[O-].[O-][Cl+3]([O-])([O-])[O-].[O-][Cl+3]([O-])([O-])[O-]. The topological polar surface area (TPSA) is 277 Å². The summed E-state index contributed by atoms with van der Waals surface area (Å²) in [5.74, 6) is 0. The van der Waals surface area contributed by atoms with Crippen LogP contribution in [0.4, 0.5) is 0 Å². The quantitative estimate of drug-likeness (QED) is 0.303. The van der Waals surface area contributed by atoms with E-state index in [1.54, 1.807) is 0 Å². The molecule has 0 saturated heterocycles. The molecule has 0 aromatic carbocycles. The zero-order valence-corrected chi connectivity index (χ0v) is 10.5. The zero-order chi connectivity index (χ0) is 13.5. The van der Waals surface area contributed by atoms with Crippen molar-refractivity contribution in [3.63, 3.8) is 0 Å². The first-order valence-electron chi connectivity index (χ1n) is 1.85. The smallest absolute Gasteiger partial charge is 0.222 e. The molecule has 0 aromatic rings. The fraction of sp³-hybridized carbons (Fsp3) is 0. The minimum absolute atomic E-state index is 0. The van der Waals surface area contributed by atoms with Crippen molar-refractivity contribution in [1.29, 1.82) is 0 Å². The van der Waals surface area contributed by atoms with Gasteiger partial charge < -0.3 is 0 Å². The fourth-order valence-electron chi connectivity index (χ4n) is 0. The molecule has 0 unspecified atom stereocenters. The molecule has 0 fully saturated rings. The van der Waals surface area contributed by atoms with E-state index in [9.17, 15) is 0 Å². The third-order valence-corrected chi connectivity index (χ3v) is 0. The third kappa shape index (κ3) is 1230. The summed E-state index contributed by atoms with van der Waals surface area (Å²) >= 11 is 0. The van der Waals surface area contributed by atoms with Crippen LogP contribution in [0.3, 0.4) is 0 Å². The van der Waals surface area contributed by atoms with E-state index in [-0.39, 0.29) is 37.7 Å². The van der Waals surface area contributed by atoms with Crippen molar-refractivity contribution in [3.05, 3.63) is 0 Å². The van der Waals surface area contributed by atoms with Crippen LogP contribution in [0.15, 0.2) is 0 Å². The molecule has 0 heterocycles. The molecule has 0 radical (unpaired) electrons. The molecule has 104 valence electrons. The molecule has 0 spiro atoms. The minimum atomic E-state index is -4.94. The van der Waals surface area contributed by atoms with Crippen molar-refractivity contribution in [3.8, 4) is 0 Å². The molecule has 0 atom stereocenters. The van der Waals surface area contributed by atoms with Crippen LogP contribution in [-0.2, 0) is 0 Å². The molecule has 0 amide bonds. The molecule has 0 aliphatic heterocycles. The van der Waals surface area contributed by atoms with Crippen molar-refractivity contribution in [2.45, 2.75) is 0 Å². The predicted octanol–water partition coefficient (Wildman–Crippen LogP) is -14.3. The van der Waals surface area contributed by atoms with E-state index in [2.05, 4.69) is 0 Å². The van der Waals surface area contributed by atoms with Gasteiger partial charge in [-0.05, 0) is 0 Å². The van der Waals surface area contributed by atoms with E-state index >= 15 is 0 Å². The first-order valence-corrected chi connectivity index (χ1v) is 5.55. The summed E-state index contributed by atoms with van der Waals surface area (Å²) in [5.41, 5.74) is 0. The van der Waals surface area contributed by atoms with E-state index in [4.69, 9.17) is 55.9 Å². The maximum Gasteiger partial charge on any atom is 3.00 e. The summed E-state index contributed by atoms with van der Waals surface area (Å²) in [6, 6.07) is 0. The van der Waals surface area contributed by atoms with Crippen LogP contribution in [0, 0.1) is 68.5 Å². The number of rotatable bonds is 0. The molecule has 0 N–H and O–H groups in total. The van der Waals surface area contributed by atoms with Crippen molar-refractivity contribution in [2.75, 3.05) is 0 Å². The van der Waals surface area contributed by atoms with Gasteiger partial charge in [-0.1, -0.05) is 0 Å². The van der Waals surface area contributed by atoms with Gasteiger partial charge in [0.1, 0.15) is 0 Å². The third-order valence-electron chi connectivity index (χ3n) is 0. The van der Waals surface area contributed by atoms with Crippen LogP contribution < -0.4 is 55.9 Å². The summed E-state index contributed by atoms with van der Waals surface area (Å²) in [5, 5.41) is 0. The van der Waals surface area contributed by atoms with Gasteiger partial charge in [-0.3, -0.25) is 0 Å². The van der Waals surface area contributed by atoms with Gasteiger partial charge in [0.05, 0.1) is 0 Å². The van der Waals surface area contributed by atoms with Gasteiger partial charge in [0.25, 0.3) is 0 Å². The van der Waals surface area contributed by atoms with Crippen LogP contribution in [0.25, 0.3) is 0 Å². The van der Waals surface area contributed by atoms with Crippen molar-refractivity contribution in [1.82, 2.24) is 0 Å². The Hall–Kier alpha value is 1.65. The summed E-state index contributed by atoms with van der Waals surface area (Å²) in [6.45, 7) is 0. The van der Waals surface area contributed by atoms with E-state index in [0.717, 1.165) is 0 Å². The normalized spacial score (nSPS) is 11.2. The first kappa shape index (κ1) is 26.3. The predicted molar refractivity (Wildman–Crippen MR) is 0 cm³/mol. The molecule has 0 saturated carbocycles. The van der Waals surface area contributed by atoms with Crippen molar-refractivity contribution >= 4 is 0 Å². The number of hydrogen-bond acceptors (Lipinski definition) is 12. The van der Waals surface area contributed by atoms with Crippen molar-refractivity contribution < 1.29 is 124 Å². The van der Waals surface area contributed by atoms with Gasteiger partial charge in [0.15, 0.2) is 0 Å². The van der Waals surface area contributed by atoms with Crippen molar-refractivity contribution in [2.24, 2.45) is 0 Å². The molecule has 0 aliphatic carbocycles. The summed E-state index contributed by atoms with van der Waals surface area (Å²) < 4.78 is 102. The van der Waals surface area contributed by atoms with Gasteiger partial charge in [-0.25, -0.2) is 55.9 Å². The van der Waals surface area contributed by atoms with Crippen LogP contribution in [0.1, 0.15) is 0 Å². The Kier molecular flexibility index (Phi) is 17.3. The average Bonchev–Trinajstić information content (AvgIpc) is 1.41. The molecule has 16 heavy (non-hydrogen) atoms. The first-order chi connectivity index (χ1) is 6.00. The van der Waals surface area contributed by atoms with Gasteiger partial charge in [-0.2, -0.15) is 0 Å². The number of hydrogen-bond donors (Lipinski definition) is 0. The summed E-state index contributed by atoms with van der Waals surface area (Å²) in [7, 11) is -14.8. The molecule has 0 aromatic heterocycles. The summed E-state index contributed by atoms with van der Waals surface area (Å²) in [4.78, 5) is 0. The van der Waals surface area contributed by atoms with Crippen LogP contribution in [-0.4, -0.2) is 0 Å². The van der Waals surface area contributed by atoms with E-state index < -0.39 is 30.7 Å². The Labute approximate surface area is 123 Å². The monoisotopic (exact) mass is 462 g/mol. The van der Waals surface area contributed by atoms with E-state index in [0.29, 0.717) is 0 Å². The maximum atomic E-state index is 8.49. The second-order valence-electron chi connectivity index (χ2n) is 1.13. The summed E-state index contributed by atoms with van der Waals surface area (Å²) in [6.07, 6.45) is 0. The Balaban J connectivity index is -0.0000000655. The Bertz CT molecular complexity index is 91.3. The molecule has 0 bridgehead atoms. The van der Waals surface area contributed by atoms with Gasteiger partial charge in [0, 0.05) is 0 Å². The van der Waals surface area contributed by atoms with Gasteiger partial charge in [0.2, 0.25) is 0 Å². The molecular weight excluding hydrogens is 463 g/mol. The van der Waals surface area contributed by atoms with Crippen LogP contribution in [0.2, 0.25) is 0 Å². The standard InChI is InChI=1S/3ClHO4.Ho/c3*2-1(3,4)5;/h3*(H,2,3,4,5);/q;;;+3/p-3. The molecule has 0 aliphatic rings. The second-order valence-corrected chi connectivity index (χ2v) is 3.40. The maximum absolute atomic E-state index is 8.49. The number of halogens is 3. The Morgan fingerprint density at radius 2 is 0.312 bits per heavy atom. The molecule has 0 rings (SSSR count). The molecule has 16 heteroatoms. The van der Waals surface area contributed by atoms with Crippen LogP contribution in [0.5, 0.6) is 0 Å². The average molecular weight is 463 g/mol. The molecule has 12 nitrogen and oxygen atoms in total. The van der Waals surface area contributed by atoms with Gasteiger partial charge >= 0.3 is 37.7 Å². The Morgan fingerprint density at radius 3 is 0.312 bits per heavy atom. The van der Waals surface area contributed by atoms with Gasteiger partial charge in [-0.15, -0.1) is 30.7 Å². The second kappa shape index (κ2) is 10.6. The minimum Gasteiger partial charge on any atom is -0.222 e. The van der Waals surface area contributed by atoms with Crippen LogP contribution >= 0.6 is 0 Å².